The van der Waals surface area contributed by atoms with Gasteiger partial charge in [-0.1, -0.05) is 36.7 Å². The Hall–Kier alpha value is -1.36. The fraction of sp³-hybridized carbons (Fsp3) is 0.308. The molecular formula is C13H17ClN4. The largest absolute Gasteiger partial charge is 0.275 e. The number of rotatable bonds is 4. The summed E-state index contributed by atoms with van der Waals surface area (Å²) < 4.78 is 1.80. The Balaban J connectivity index is 2.48. The van der Waals surface area contributed by atoms with Crippen LogP contribution in [0.5, 0.6) is 0 Å². The van der Waals surface area contributed by atoms with Crippen LogP contribution in [0.4, 0.5) is 0 Å². The van der Waals surface area contributed by atoms with E-state index in [1.165, 1.54) is 0 Å². The van der Waals surface area contributed by atoms with E-state index in [4.69, 9.17) is 17.4 Å². The number of benzene rings is 1. The lowest BCUT2D eigenvalue weighted by atomic mass is 9.99. The maximum Gasteiger partial charge on any atom is 0.0757 e. The van der Waals surface area contributed by atoms with Gasteiger partial charge in [0.05, 0.1) is 11.7 Å². The van der Waals surface area contributed by atoms with Gasteiger partial charge in [-0.3, -0.25) is 10.5 Å². The molecule has 0 amide bonds. The van der Waals surface area contributed by atoms with Crippen LogP contribution in [0, 0.1) is 0 Å². The molecule has 18 heavy (non-hydrogen) atoms. The van der Waals surface area contributed by atoms with E-state index in [1.807, 2.05) is 37.5 Å². The zero-order chi connectivity index (χ0) is 13.1. The average Bonchev–Trinajstić information content (AvgIpc) is 2.74. The summed E-state index contributed by atoms with van der Waals surface area (Å²) in [5, 5.41) is 5.13. The van der Waals surface area contributed by atoms with Crippen LogP contribution in [0.15, 0.2) is 30.5 Å². The van der Waals surface area contributed by atoms with E-state index in [9.17, 15) is 0 Å². The van der Waals surface area contributed by atoms with Crippen molar-refractivity contribution >= 4 is 11.6 Å². The van der Waals surface area contributed by atoms with E-state index in [2.05, 4.69) is 17.4 Å². The smallest absolute Gasteiger partial charge is 0.0757 e. The second kappa shape index (κ2) is 5.52. The molecular weight excluding hydrogens is 248 g/mol. The highest BCUT2D eigenvalue weighted by Gasteiger charge is 2.20. The molecule has 0 spiro atoms. The number of aromatic nitrogens is 2. The van der Waals surface area contributed by atoms with Crippen LogP contribution in [0.3, 0.4) is 0 Å². The third-order valence-corrected chi connectivity index (χ3v) is 3.31. The summed E-state index contributed by atoms with van der Waals surface area (Å²) in [6.45, 7) is 2.08. The maximum atomic E-state index is 6.23. The van der Waals surface area contributed by atoms with Crippen LogP contribution in [0.1, 0.15) is 29.8 Å². The van der Waals surface area contributed by atoms with Crippen molar-refractivity contribution in [2.45, 2.75) is 19.4 Å². The van der Waals surface area contributed by atoms with Crippen LogP contribution in [0.25, 0.3) is 0 Å². The Bertz CT molecular complexity index is 536. The molecule has 0 aliphatic rings. The predicted molar refractivity (Wildman–Crippen MR) is 73.2 cm³/mol. The third-order valence-electron chi connectivity index (χ3n) is 2.97. The Labute approximate surface area is 112 Å². The lowest BCUT2D eigenvalue weighted by Gasteiger charge is -2.17. The summed E-state index contributed by atoms with van der Waals surface area (Å²) >= 11 is 6.23. The van der Waals surface area contributed by atoms with Crippen molar-refractivity contribution in [2.24, 2.45) is 12.9 Å². The molecule has 0 bridgehead atoms. The van der Waals surface area contributed by atoms with Crippen molar-refractivity contribution in [3.63, 3.8) is 0 Å². The number of nitrogens with one attached hydrogen (secondary N) is 1. The standard InChI is InChI=1S/C13H17ClN4/c1-3-12-10(8-18(2)17-12)13(16-15)9-6-4-5-7-11(9)14/h4-8,13,16H,3,15H2,1-2H3. The minimum atomic E-state index is -0.137. The van der Waals surface area contributed by atoms with Gasteiger partial charge in [-0.15, -0.1) is 0 Å². The molecule has 5 heteroatoms. The van der Waals surface area contributed by atoms with Crippen LogP contribution in [-0.2, 0) is 13.5 Å². The SMILES string of the molecule is CCc1nn(C)cc1C(NN)c1ccccc1Cl. The first-order valence-corrected chi connectivity index (χ1v) is 6.28. The van der Waals surface area contributed by atoms with Gasteiger partial charge < -0.3 is 0 Å². The summed E-state index contributed by atoms with van der Waals surface area (Å²) in [5.41, 5.74) is 5.88. The summed E-state index contributed by atoms with van der Waals surface area (Å²) in [7, 11) is 1.91. The molecule has 1 heterocycles. The fourth-order valence-corrected chi connectivity index (χ4v) is 2.37. The molecule has 0 saturated heterocycles. The van der Waals surface area contributed by atoms with Crippen molar-refractivity contribution in [1.82, 2.24) is 15.2 Å². The summed E-state index contributed by atoms with van der Waals surface area (Å²) in [6, 6.07) is 7.56. The lowest BCUT2D eigenvalue weighted by molar-refractivity contribution is 0.631. The molecule has 1 aromatic heterocycles. The van der Waals surface area contributed by atoms with Gasteiger partial charge in [-0.2, -0.15) is 5.10 Å². The highest BCUT2D eigenvalue weighted by atomic mass is 35.5. The van der Waals surface area contributed by atoms with E-state index in [-0.39, 0.29) is 6.04 Å². The molecule has 1 atom stereocenters. The van der Waals surface area contributed by atoms with E-state index in [0.717, 1.165) is 23.2 Å². The highest BCUT2D eigenvalue weighted by molar-refractivity contribution is 6.31. The Kier molecular flexibility index (Phi) is 4.01. The Morgan fingerprint density at radius 3 is 2.72 bits per heavy atom. The number of hydrogen-bond acceptors (Lipinski definition) is 3. The van der Waals surface area contributed by atoms with Gasteiger partial charge in [0.25, 0.3) is 0 Å². The zero-order valence-electron chi connectivity index (χ0n) is 10.5. The first-order chi connectivity index (χ1) is 8.67. The second-order valence-electron chi connectivity index (χ2n) is 4.18. The van der Waals surface area contributed by atoms with Gasteiger partial charge in [0.1, 0.15) is 0 Å². The van der Waals surface area contributed by atoms with Crippen LogP contribution in [0.2, 0.25) is 5.02 Å². The fourth-order valence-electron chi connectivity index (χ4n) is 2.13. The van der Waals surface area contributed by atoms with E-state index < -0.39 is 0 Å². The van der Waals surface area contributed by atoms with Gasteiger partial charge in [0.15, 0.2) is 0 Å². The molecule has 4 nitrogen and oxygen atoms in total. The molecule has 0 aliphatic carbocycles. The molecule has 2 aromatic rings. The summed E-state index contributed by atoms with van der Waals surface area (Å²) in [4.78, 5) is 0. The molecule has 3 N–H and O–H groups in total. The molecule has 1 unspecified atom stereocenters. The molecule has 0 saturated carbocycles. The van der Waals surface area contributed by atoms with Crippen LogP contribution >= 0.6 is 11.6 Å². The lowest BCUT2D eigenvalue weighted by Crippen LogP contribution is -2.29. The predicted octanol–water partition coefficient (Wildman–Crippen LogP) is 2.19. The molecule has 2 rings (SSSR count). The Morgan fingerprint density at radius 1 is 1.39 bits per heavy atom. The van der Waals surface area contributed by atoms with E-state index in [0.29, 0.717) is 5.02 Å². The summed E-state index contributed by atoms with van der Waals surface area (Å²) in [6.07, 6.45) is 2.84. The molecule has 96 valence electrons. The van der Waals surface area contributed by atoms with E-state index >= 15 is 0 Å². The monoisotopic (exact) mass is 264 g/mol. The molecule has 1 aromatic carbocycles. The normalized spacial score (nSPS) is 12.7. The third kappa shape index (κ3) is 2.41. The van der Waals surface area contributed by atoms with Gasteiger partial charge in [0.2, 0.25) is 0 Å². The van der Waals surface area contributed by atoms with Gasteiger partial charge in [-0.25, -0.2) is 5.43 Å². The number of hydrogen-bond donors (Lipinski definition) is 2. The zero-order valence-corrected chi connectivity index (χ0v) is 11.3. The topological polar surface area (TPSA) is 55.9 Å². The van der Waals surface area contributed by atoms with Crippen LogP contribution in [-0.4, -0.2) is 9.78 Å². The first kappa shape index (κ1) is 13.1. The van der Waals surface area contributed by atoms with Crippen LogP contribution < -0.4 is 11.3 Å². The molecule has 0 radical (unpaired) electrons. The number of halogens is 1. The van der Waals surface area contributed by atoms with Gasteiger partial charge in [0, 0.05) is 23.8 Å². The highest BCUT2D eigenvalue weighted by Crippen LogP contribution is 2.29. The summed E-state index contributed by atoms with van der Waals surface area (Å²) in [5.74, 6) is 5.69. The number of hydrazine groups is 1. The van der Waals surface area contributed by atoms with E-state index in [1.54, 1.807) is 4.68 Å². The van der Waals surface area contributed by atoms with Gasteiger partial charge in [-0.05, 0) is 18.1 Å². The second-order valence-corrected chi connectivity index (χ2v) is 4.59. The maximum absolute atomic E-state index is 6.23. The number of nitrogens with two attached hydrogens (primary N) is 1. The minimum Gasteiger partial charge on any atom is -0.275 e. The van der Waals surface area contributed by atoms with Crippen molar-refractivity contribution in [2.75, 3.05) is 0 Å². The number of nitrogens with zero attached hydrogens (tertiary/aromatic N) is 2. The van der Waals surface area contributed by atoms with Crippen molar-refractivity contribution in [1.29, 1.82) is 0 Å². The quantitative estimate of drug-likeness (QED) is 0.657. The van der Waals surface area contributed by atoms with Crippen molar-refractivity contribution < 1.29 is 0 Å². The first-order valence-electron chi connectivity index (χ1n) is 5.90. The van der Waals surface area contributed by atoms with Crippen molar-refractivity contribution in [3.05, 3.63) is 52.3 Å². The molecule has 0 aliphatic heterocycles. The van der Waals surface area contributed by atoms with Crippen molar-refractivity contribution in [3.8, 4) is 0 Å². The Morgan fingerprint density at radius 2 is 2.11 bits per heavy atom. The average molecular weight is 265 g/mol. The number of aryl methyl sites for hydroxylation is 2. The molecule has 0 fully saturated rings. The van der Waals surface area contributed by atoms with Gasteiger partial charge >= 0.3 is 0 Å². The minimum absolute atomic E-state index is 0.137.